The van der Waals surface area contributed by atoms with E-state index in [1.54, 1.807) is 6.07 Å². The van der Waals surface area contributed by atoms with Crippen LogP contribution in [-0.4, -0.2) is 26.6 Å². The molecule has 0 aliphatic heterocycles. The Bertz CT molecular complexity index is 1010. The smallest absolute Gasteiger partial charge is 0.236 e. The average Bonchev–Trinajstić information content (AvgIpc) is 3.15. The Kier molecular flexibility index (Phi) is 4.13. The van der Waals surface area contributed by atoms with Gasteiger partial charge in [-0.1, -0.05) is 46.8 Å². The number of nitrogens with zero attached hydrogens (tertiary/aromatic N) is 2. The standard InChI is InChI=1S/C16H11ClN4OS2/c17-9-5-6-12-13(7-9)24-16(20-12)21-14(22)8-23-15-18-10-3-1-2-4-11(10)19-15/h1-7H,8H2,(H,18,19)(H,20,21,22). The first-order chi connectivity index (χ1) is 11.7. The van der Waals surface area contributed by atoms with Crippen LogP contribution in [0.15, 0.2) is 47.6 Å². The van der Waals surface area contributed by atoms with E-state index in [0.717, 1.165) is 26.4 Å². The van der Waals surface area contributed by atoms with Crippen molar-refractivity contribution < 1.29 is 4.79 Å². The molecular weight excluding hydrogens is 364 g/mol. The molecule has 0 unspecified atom stereocenters. The number of hydrogen-bond donors (Lipinski definition) is 2. The Hall–Kier alpha value is -2.09. The molecule has 4 aromatic rings. The number of hydrogen-bond acceptors (Lipinski definition) is 5. The predicted molar refractivity (Wildman–Crippen MR) is 100 cm³/mol. The molecule has 24 heavy (non-hydrogen) atoms. The zero-order valence-corrected chi connectivity index (χ0v) is 14.6. The van der Waals surface area contributed by atoms with E-state index in [-0.39, 0.29) is 11.7 Å². The number of thioether (sulfide) groups is 1. The van der Waals surface area contributed by atoms with Crippen LogP contribution in [0.5, 0.6) is 0 Å². The van der Waals surface area contributed by atoms with E-state index in [9.17, 15) is 4.79 Å². The number of fused-ring (bicyclic) bond motifs is 2. The quantitative estimate of drug-likeness (QED) is 0.514. The lowest BCUT2D eigenvalue weighted by Gasteiger charge is -1.99. The minimum Gasteiger partial charge on any atom is -0.333 e. The number of anilines is 1. The third-order valence-electron chi connectivity index (χ3n) is 3.30. The SMILES string of the molecule is O=C(CSc1nc2ccccc2[nH]1)Nc1nc2ccc(Cl)cc2s1. The number of carbonyl (C=O) groups excluding carboxylic acids is 1. The van der Waals surface area contributed by atoms with Gasteiger partial charge in [0.25, 0.3) is 0 Å². The maximum absolute atomic E-state index is 12.1. The van der Waals surface area contributed by atoms with E-state index in [1.807, 2.05) is 36.4 Å². The van der Waals surface area contributed by atoms with Crippen LogP contribution >= 0.6 is 34.7 Å². The maximum atomic E-state index is 12.1. The Balaban J connectivity index is 1.42. The highest BCUT2D eigenvalue weighted by atomic mass is 35.5. The molecule has 0 saturated heterocycles. The average molecular weight is 375 g/mol. The van der Waals surface area contributed by atoms with Crippen molar-refractivity contribution in [2.75, 3.05) is 11.1 Å². The number of aromatic amines is 1. The van der Waals surface area contributed by atoms with E-state index >= 15 is 0 Å². The van der Waals surface area contributed by atoms with Gasteiger partial charge in [-0.15, -0.1) is 0 Å². The van der Waals surface area contributed by atoms with Crippen molar-refractivity contribution in [1.82, 2.24) is 15.0 Å². The summed E-state index contributed by atoms with van der Waals surface area (Å²) in [6, 6.07) is 13.2. The van der Waals surface area contributed by atoms with Gasteiger partial charge in [0, 0.05) is 5.02 Å². The fraction of sp³-hybridized carbons (Fsp3) is 0.0625. The molecule has 0 radical (unpaired) electrons. The number of carbonyl (C=O) groups is 1. The van der Waals surface area contributed by atoms with Crippen molar-refractivity contribution in [3.63, 3.8) is 0 Å². The fourth-order valence-electron chi connectivity index (χ4n) is 2.24. The Labute approximate surface area is 150 Å². The first-order valence-electron chi connectivity index (χ1n) is 7.11. The van der Waals surface area contributed by atoms with Gasteiger partial charge in [-0.05, 0) is 30.3 Å². The lowest BCUT2D eigenvalue weighted by atomic mass is 10.3. The number of para-hydroxylation sites is 2. The predicted octanol–water partition coefficient (Wildman–Crippen LogP) is 4.56. The number of halogens is 1. The summed E-state index contributed by atoms with van der Waals surface area (Å²) in [7, 11) is 0. The molecule has 0 aliphatic rings. The van der Waals surface area contributed by atoms with Crippen molar-refractivity contribution in [1.29, 1.82) is 0 Å². The van der Waals surface area contributed by atoms with Gasteiger partial charge >= 0.3 is 0 Å². The first-order valence-corrected chi connectivity index (χ1v) is 9.29. The Morgan fingerprint density at radius 2 is 2.08 bits per heavy atom. The highest BCUT2D eigenvalue weighted by molar-refractivity contribution is 7.99. The molecule has 0 fully saturated rings. The van der Waals surface area contributed by atoms with Crippen molar-refractivity contribution >= 4 is 67.0 Å². The molecule has 2 aromatic heterocycles. The number of rotatable bonds is 4. The molecule has 0 bridgehead atoms. The van der Waals surface area contributed by atoms with Gasteiger partial charge in [-0.25, -0.2) is 9.97 Å². The Morgan fingerprint density at radius 1 is 1.21 bits per heavy atom. The van der Waals surface area contributed by atoms with Gasteiger partial charge < -0.3 is 10.3 Å². The van der Waals surface area contributed by atoms with Crippen molar-refractivity contribution in [3.8, 4) is 0 Å². The Morgan fingerprint density at radius 3 is 2.96 bits per heavy atom. The monoisotopic (exact) mass is 374 g/mol. The number of benzene rings is 2. The zero-order valence-electron chi connectivity index (χ0n) is 12.2. The van der Waals surface area contributed by atoms with Gasteiger partial charge in [0.05, 0.1) is 27.0 Å². The first kappa shape index (κ1) is 15.4. The van der Waals surface area contributed by atoms with Crippen LogP contribution in [0, 0.1) is 0 Å². The number of thiazole rings is 1. The van der Waals surface area contributed by atoms with Gasteiger partial charge in [0.15, 0.2) is 10.3 Å². The summed E-state index contributed by atoms with van der Waals surface area (Å²) < 4.78 is 0.947. The van der Waals surface area contributed by atoms with E-state index in [4.69, 9.17) is 11.6 Å². The molecule has 0 spiro atoms. The van der Waals surface area contributed by atoms with Gasteiger partial charge in [-0.2, -0.15) is 0 Å². The second kappa shape index (κ2) is 6.43. The highest BCUT2D eigenvalue weighted by Gasteiger charge is 2.10. The topological polar surface area (TPSA) is 70.7 Å². The number of nitrogens with one attached hydrogen (secondary N) is 2. The molecule has 120 valence electrons. The number of aromatic nitrogens is 3. The summed E-state index contributed by atoms with van der Waals surface area (Å²) in [6.45, 7) is 0. The fourth-order valence-corrected chi connectivity index (χ4v) is 4.08. The summed E-state index contributed by atoms with van der Waals surface area (Å²) in [5, 5.41) is 4.77. The second-order valence-corrected chi connectivity index (χ2v) is 7.46. The third-order valence-corrected chi connectivity index (χ3v) is 5.35. The van der Waals surface area contributed by atoms with Gasteiger partial charge in [0.2, 0.25) is 5.91 Å². The molecule has 2 aromatic carbocycles. The lowest BCUT2D eigenvalue weighted by molar-refractivity contribution is -0.113. The minimum absolute atomic E-state index is 0.120. The van der Waals surface area contributed by atoms with Crippen molar-refractivity contribution in [2.45, 2.75) is 5.16 Å². The van der Waals surface area contributed by atoms with Crippen LogP contribution in [0.3, 0.4) is 0 Å². The molecule has 0 aliphatic carbocycles. The van der Waals surface area contributed by atoms with Crippen LogP contribution < -0.4 is 5.32 Å². The van der Waals surface area contributed by atoms with Crippen LogP contribution in [-0.2, 0) is 4.79 Å². The third kappa shape index (κ3) is 3.24. The number of imidazole rings is 1. The zero-order chi connectivity index (χ0) is 16.5. The normalized spacial score (nSPS) is 11.2. The van der Waals surface area contributed by atoms with Crippen molar-refractivity contribution in [3.05, 3.63) is 47.5 Å². The van der Waals surface area contributed by atoms with E-state index < -0.39 is 0 Å². The summed E-state index contributed by atoms with van der Waals surface area (Å²) in [5.41, 5.74) is 2.68. The van der Waals surface area contributed by atoms with Gasteiger partial charge in [0.1, 0.15) is 0 Å². The lowest BCUT2D eigenvalue weighted by Crippen LogP contribution is -2.13. The summed E-state index contributed by atoms with van der Waals surface area (Å²) in [4.78, 5) is 24.1. The second-order valence-electron chi connectivity index (χ2n) is 5.03. The number of amides is 1. The minimum atomic E-state index is -0.120. The summed E-state index contributed by atoms with van der Waals surface area (Å²) in [5.74, 6) is 0.141. The van der Waals surface area contributed by atoms with Crippen LogP contribution in [0.2, 0.25) is 5.02 Å². The highest BCUT2D eigenvalue weighted by Crippen LogP contribution is 2.28. The largest absolute Gasteiger partial charge is 0.333 e. The van der Waals surface area contributed by atoms with E-state index in [1.165, 1.54) is 23.1 Å². The van der Waals surface area contributed by atoms with Crippen LogP contribution in [0.1, 0.15) is 0 Å². The summed E-state index contributed by atoms with van der Waals surface area (Å²) >= 11 is 8.73. The molecule has 1 amide bonds. The van der Waals surface area contributed by atoms with E-state index in [2.05, 4.69) is 20.3 Å². The van der Waals surface area contributed by atoms with Crippen LogP contribution in [0.4, 0.5) is 5.13 Å². The molecular formula is C16H11ClN4OS2. The molecule has 0 saturated carbocycles. The summed E-state index contributed by atoms with van der Waals surface area (Å²) in [6.07, 6.45) is 0. The molecule has 2 heterocycles. The number of H-pyrrole nitrogens is 1. The molecule has 0 atom stereocenters. The van der Waals surface area contributed by atoms with Crippen molar-refractivity contribution in [2.24, 2.45) is 0 Å². The molecule has 5 nitrogen and oxygen atoms in total. The van der Waals surface area contributed by atoms with Crippen LogP contribution in [0.25, 0.3) is 21.3 Å². The molecule has 2 N–H and O–H groups in total. The van der Waals surface area contributed by atoms with Gasteiger partial charge in [-0.3, -0.25) is 4.79 Å². The molecule has 4 rings (SSSR count). The maximum Gasteiger partial charge on any atom is 0.236 e. The molecule has 8 heteroatoms. The van der Waals surface area contributed by atoms with E-state index in [0.29, 0.717) is 10.2 Å².